The van der Waals surface area contributed by atoms with Gasteiger partial charge in [0.05, 0.1) is 30.5 Å². The molecule has 2 rings (SSSR count). The lowest BCUT2D eigenvalue weighted by Gasteiger charge is -2.12. The van der Waals surface area contributed by atoms with Crippen LogP contribution in [0.5, 0.6) is 0 Å². The Balaban J connectivity index is 1.95. The molecule has 0 bridgehead atoms. The summed E-state index contributed by atoms with van der Waals surface area (Å²) in [4.78, 5) is 35.9. The third-order valence-electron chi connectivity index (χ3n) is 3.70. The van der Waals surface area contributed by atoms with Crippen LogP contribution in [-0.2, 0) is 14.3 Å². The van der Waals surface area contributed by atoms with E-state index >= 15 is 0 Å². The minimum absolute atomic E-state index is 0.146. The number of hydrogen-bond acceptors (Lipinski definition) is 6. The summed E-state index contributed by atoms with van der Waals surface area (Å²) in [5.41, 5.74) is 1.68. The van der Waals surface area contributed by atoms with Gasteiger partial charge in [-0.25, -0.2) is 9.59 Å². The number of esters is 2. The molecular formula is C20H22N2O5. The number of carbonyl (C=O) groups is 3. The van der Waals surface area contributed by atoms with Gasteiger partial charge >= 0.3 is 11.9 Å². The SMILES string of the molecule is CCOC(=O)c1ccccc1NC(=O)CCNc1ccccc1C(=O)OC. The Hall–Kier alpha value is -3.35. The largest absolute Gasteiger partial charge is 0.465 e. The number of methoxy groups -OCH3 is 1. The highest BCUT2D eigenvalue weighted by molar-refractivity contribution is 6.01. The van der Waals surface area contributed by atoms with Gasteiger partial charge < -0.3 is 20.1 Å². The maximum Gasteiger partial charge on any atom is 0.340 e. The van der Waals surface area contributed by atoms with Crippen molar-refractivity contribution in [3.05, 3.63) is 59.7 Å². The molecule has 0 aliphatic carbocycles. The zero-order valence-corrected chi connectivity index (χ0v) is 15.3. The van der Waals surface area contributed by atoms with E-state index in [4.69, 9.17) is 9.47 Å². The molecule has 7 heteroatoms. The van der Waals surface area contributed by atoms with Gasteiger partial charge in [0.15, 0.2) is 0 Å². The summed E-state index contributed by atoms with van der Waals surface area (Å²) in [5, 5.41) is 5.76. The number of benzene rings is 2. The summed E-state index contributed by atoms with van der Waals surface area (Å²) in [6, 6.07) is 13.6. The smallest absolute Gasteiger partial charge is 0.340 e. The summed E-state index contributed by atoms with van der Waals surface area (Å²) >= 11 is 0. The van der Waals surface area contributed by atoms with E-state index in [-0.39, 0.29) is 18.9 Å². The fraction of sp³-hybridized carbons (Fsp3) is 0.250. The minimum atomic E-state index is -0.487. The van der Waals surface area contributed by atoms with Gasteiger partial charge in [0.25, 0.3) is 0 Å². The Morgan fingerprint density at radius 3 is 2.11 bits per heavy atom. The molecule has 0 aliphatic heterocycles. The Morgan fingerprint density at radius 1 is 0.889 bits per heavy atom. The van der Waals surface area contributed by atoms with Crippen LogP contribution in [0.25, 0.3) is 0 Å². The standard InChI is InChI=1S/C20H22N2O5/c1-3-27-20(25)15-9-5-7-11-17(15)22-18(23)12-13-21-16-10-6-4-8-14(16)19(24)26-2/h4-11,21H,3,12-13H2,1-2H3,(H,22,23). The summed E-state index contributed by atoms with van der Waals surface area (Å²) in [7, 11) is 1.31. The van der Waals surface area contributed by atoms with E-state index in [2.05, 4.69) is 10.6 Å². The number of anilines is 2. The van der Waals surface area contributed by atoms with Crippen LogP contribution < -0.4 is 10.6 Å². The highest BCUT2D eigenvalue weighted by Crippen LogP contribution is 2.18. The van der Waals surface area contributed by atoms with Gasteiger partial charge in [0.2, 0.25) is 5.91 Å². The second-order valence-corrected chi connectivity index (χ2v) is 5.53. The van der Waals surface area contributed by atoms with Gasteiger partial charge in [-0.1, -0.05) is 24.3 Å². The first-order valence-electron chi connectivity index (χ1n) is 8.54. The number of ether oxygens (including phenoxy) is 2. The van der Waals surface area contributed by atoms with E-state index in [1.54, 1.807) is 55.5 Å². The molecule has 0 saturated heterocycles. The zero-order valence-electron chi connectivity index (χ0n) is 15.3. The molecule has 0 heterocycles. The normalized spacial score (nSPS) is 10.0. The lowest BCUT2D eigenvalue weighted by atomic mass is 10.1. The molecule has 0 atom stereocenters. The van der Waals surface area contributed by atoms with Crippen molar-refractivity contribution in [2.45, 2.75) is 13.3 Å². The van der Waals surface area contributed by atoms with Crippen LogP contribution in [-0.4, -0.2) is 38.1 Å². The molecule has 0 aromatic heterocycles. The third-order valence-corrected chi connectivity index (χ3v) is 3.70. The first-order chi connectivity index (χ1) is 13.1. The predicted octanol–water partition coefficient (Wildman–Crippen LogP) is 3.09. The number of hydrogen-bond donors (Lipinski definition) is 2. The van der Waals surface area contributed by atoms with Crippen molar-refractivity contribution in [3.63, 3.8) is 0 Å². The third kappa shape index (κ3) is 5.57. The highest BCUT2D eigenvalue weighted by Gasteiger charge is 2.14. The molecule has 27 heavy (non-hydrogen) atoms. The number of amides is 1. The van der Waals surface area contributed by atoms with Crippen LogP contribution in [0.3, 0.4) is 0 Å². The predicted molar refractivity (Wildman–Crippen MR) is 102 cm³/mol. The second kappa shape index (κ2) is 9.96. The Bertz CT molecular complexity index is 820. The number of nitrogens with one attached hydrogen (secondary N) is 2. The number of para-hydroxylation sites is 2. The Labute approximate surface area is 157 Å². The van der Waals surface area contributed by atoms with Gasteiger partial charge in [0.1, 0.15) is 0 Å². The van der Waals surface area contributed by atoms with Gasteiger partial charge in [-0.2, -0.15) is 0 Å². The molecule has 0 fully saturated rings. The highest BCUT2D eigenvalue weighted by atomic mass is 16.5. The maximum absolute atomic E-state index is 12.2. The first-order valence-corrected chi connectivity index (χ1v) is 8.54. The van der Waals surface area contributed by atoms with Crippen molar-refractivity contribution in [2.24, 2.45) is 0 Å². The quantitative estimate of drug-likeness (QED) is 0.694. The number of rotatable bonds is 8. The van der Waals surface area contributed by atoms with Gasteiger partial charge in [-0.05, 0) is 31.2 Å². The molecule has 0 radical (unpaired) electrons. The molecule has 2 N–H and O–H groups in total. The van der Waals surface area contributed by atoms with Crippen LogP contribution >= 0.6 is 0 Å². The van der Waals surface area contributed by atoms with E-state index in [9.17, 15) is 14.4 Å². The van der Waals surface area contributed by atoms with Crippen molar-refractivity contribution in [1.82, 2.24) is 0 Å². The van der Waals surface area contributed by atoms with E-state index < -0.39 is 11.9 Å². The van der Waals surface area contributed by atoms with Crippen molar-refractivity contribution < 1.29 is 23.9 Å². The van der Waals surface area contributed by atoms with Crippen molar-refractivity contribution in [1.29, 1.82) is 0 Å². The molecule has 142 valence electrons. The first kappa shape index (κ1) is 20.0. The van der Waals surface area contributed by atoms with Crippen LogP contribution in [0, 0.1) is 0 Å². The molecule has 2 aromatic carbocycles. The van der Waals surface area contributed by atoms with Crippen LogP contribution in [0.2, 0.25) is 0 Å². The molecule has 7 nitrogen and oxygen atoms in total. The summed E-state index contributed by atoms with van der Waals surface area (Å²) in [6.07, 6.45) is 0.146. The van der Waals surface area contributed by atoms with E-state index in [0.717, 1.165) is 0 Å². The summed E-state index contributed by atoms with van der Waals surface area (Å²) in [5.74, 6) is -1.21. The van der Waals surface area contributed by atoms with Gasteiger partial charge in [-0.3, -0.25) is 4.79 Å². The average Bonchev–Trinajstić information content (AvgIpc) is 2.68. The van der Waals surface area contributed by atoms with Gasteiger partial charge in [0, 0.05) is 18.7 Å². The molecule has 0 spiro atoms. The monoisotopic (exact) mass is 370 g/mol. The van der Waals surface area contributed by atoms with Gasteiger partial charge in [-0.15, -0.1) is 0 Å². The van der Waals surface area contributed by atoms with Crippen molar-refractivity contribution in [3.8, 4) is 0 Å². The van der Waals surface area contributed by atoms with Crippen molar-refractivity contribution >= 4 is 29.2 Å². The molecular weight excluding hydrogens is 348 g/mol. The summed E-state index contributed by atoms with van der Waals surface area (Å²) in [6.45, 7) is 2.28. The van der Waals surface area contributed by atoms with E-state index in [1.807, 2.05) is 0 Å². The van der Waals surface area contributed by atoms with Crippen LogP contribution in [0.15, 0.2) is 48.5 Å². The molecule has 0 aliphatic rings. The topological polar surface area (TPSA) is 93.7 Å². The van der Waals surface area contributed by atoms with E-state index in [0.29, 0.717) is 29.0 Å². The minimum Gasteiger partial charge on any atom is -0.465 e. The zero-order chi connectivity index (χ0) is 19.6. The fourth-order valence-electron chi connectivity index (χ4n) is 2.43. The molecule has 1 amide bonds. The second-order valence-electron chi connectivity index (χ2n) is 5.53. The number of carbonyl (C=O) groups excluding carboxylic acids is 3. The fourth-order valence-corrected chi connectivity index (χ4v) is 2.43. The van der Waals surface area contributed by atoms with Crippen LogP contribution in [0.1, 0.15) is 34.1 Å². The molecule has 2 aromatic rings. The Morgan fingerprint density at radius 2 is 1.48 bits per heavy atom. The maximum atomic E-state index is 12.2. The molecule has 0 unspecified atom stereocenters. The lowest BCUT2D eigenvalue weighted by molar-refractivity contribution is -0.115. The Kier molecular flexibility index (Phi) is 7.37. The van der Waals surface area contributed by atoms with Crippen LogP contribution in [0.4, 0.5) is 11.4 Å². The van der Waals surface area contributed by atoms with E-state index in [1.165, 1.54) is 7.11 Å². The van der Waals surface area contributed by atoms with Crippen molar-refractivity contribution in [2.75, 3.05) is 30.9 Å². The lowest BCUT2D eigenvalue weighted by Crippen LogP contribution is -2.19. The summed E-state index contributed by atoms with van der Waals surface area (Å²) < 4.78 is 9.73. The average molecular weight is 370 g/mol. The molecule has 0 saturated carbocycles.